The van der Waals surface area contributed by atoms with Crippen LogP contribution in [0.3, 0.4) is 0 Å². The number of anilines is 2. The average molecular weight is 328 g/mol. The number of hydrogen-bond donors (Lipinski definition) is 2. The van der Waals surface area contributed by atoms with E-state index in [9.17, 15) is 0 Å². The molecule has 0 aliphatic carbocycles. The van der Waals surface area contributed by atoms with Crippen LogP contribution in [0.4, 0.5) is 11.5 Å². The van der Waals surface area contributed by atoms with Crippen molar-refractivity contribution in [2.75, 3.05) is 5.32 Å². The number of aromatic amines is 1. The van der Waals surface area contributed by atoms with Gasteiger partial charge in [-0.1, -0.05) is 24.8 Å². The highest BCUT2D eigenvalue weighted by atomic mass is 16.5. The third-order valence-electron chi connectivity index (χ3n) is 3.71. The van der Waals surface area contributed by atoms with Crippen LogP contribution in [0.5, 0.6) is 11.5 Å². The highest BCUT2D eigenvalue weighted by Crippen LogP contribution is 2.26. The Bertz CT molecular complexity index is 1010. The van der Waals surface area contributed by atoms with Crippen LogP contribution in [0.25, 0.3) is 17.1 Å². The van der Waals surface area contributed by atoms with Crippen molar-refractivity contribution in [1.29, 1.82) is 0 Å². The molecule has 0 radical (unpaired) electrons. The molecule has 0 spiro atoms. The van der Waals surface area contributed by atoms with Crippen molar-refractivity contribution in [3.8, 4) is 11.5 Å². The van der Waals surface area contributed by atoms with Crippen LogP contribution >= 0.6 is 0 Å². The fourth-order valence-electron chi connectivity index (χ4n) is 2.51. The normalized spacial score (nSPS) is 10.6. The van der Waals surface area contributed by atoms with Crippen LogP contribution in [0.15, 0.2) is 73.4 Å². The third kappa shape index (κ3) is 3.21. The molecule has 0 amide bonds. The summed E-state index contributed by atoms with van der Waals surface area (Å²) in [7, 11) is 0. The standard InChI is InChI=1S/C20H16N4O/c1-2-18-23-19-17(12-13-21-19)20(24-18)22-14-8-10-16(11-9-14)25-15-6-4-3-5-7-15/h2-13H,1H2,(H2,21,22,23,24). The summed E-state index contributed by atoms with van der Waals surface area (Å²) >= 11 is 0. The van der Waals surface area contributed by atoms with Gasteiger partial charge in [0.25, 0.3) is 0 Å². The van der Waals surface area contributed by atoms with Gasteiger partial charge in [0.1, 0.15) is 23.0 Å². The second-order valence-corrected chi connectivity index (χ2v) is 5.44. The van der Waals surface area contributed by atoms with Gasteiger partial charge in [0.15, 0.2) is 5.82 Å². The van der Waals surface area contributed by atoms with Crippen molar-refractivity contribution >= 4 is 28.6 Å². The van der Waals surface area contributed by atoms with Gasteiger partial charge in [-0.3, -0.25) is 0 Å². The van der Waals surface area contributed by atoms with Crippen molar-refractivity contribution in [2.24, 2.45) is 0 Å². The van der Waals surface area contributed by atoms with E-state index >= 15 is 0 Å². The number of benzene rings is 2. The fraction of sp³-hybridized carbons (Fsp3) is 0. The predicted molar refractivity (Wildman–Crippen MR) is 100 cm³/mol. The number of fused-ring (bicyclic) bond motifs is 1. The maximum absolute atomic E-state index is 5.81. The van der Waals surface area contributed by atoms with Crippen molar-refractivity contribution < 1.29 is 4.74 Å². The van der Waals surface area contributed by atoms with Gasteiger partial charge in [-0.25, -0.2) is 9.97 Å². The molecule has 4 rings (SSSR count). The van der Waals surface area contributed by atoms with Crippen LogP contribution < -0.4 is 10.1 Å². The zero-order valence-electron chi connectivity index (χ0n) is 13.4. The van der Waals surface area contributed by atoms with E-state index in [0.717, 1.165) is 34.0 Å². The topological polar surface area (TPSA) is 62.8 Å². The lowest BCUT2D eigenvalue weighted by molar-refractivity contribution is 0.483. The summed E-state index contributed by atoms with van der Waals surface area (Å²) in [5.74, 6) is 2.89. The first-order valence-corrected chi connectivity index (χ1v) is 7.89. The maximum Gasteiger partial charge on any atom is 0.156 e. The van der Waals surface area contributed by atoms with Crippen molar-refractivity contribution in [2.45, 2.75) is 0 Å². The third-order valence-corrected chi connectivity index (χ3v) is 3.71. The molecule has 0 bridgehead atoms. The minimum absolute atomic E-state index is 0.571. The number of H-pyrrole nitrogens is 1. The van der Waals surface area contributed by atoms with Crippen LogP contribution in [-0.4, -0.2) is 15.0 Å². The Morgan fingerprint density at radius 3 is 2.44 bits per heavy atom. The van der Waals surface area contributed by atoms with Gasteiger partial charge in [-0.2, -0.15) is 0 Å². The summed E-state index contributed by atoms with van der Waals surface area (Å²) in [6.45, 7) is 3.74. The molecule has 5 nitrogen and oxygen atoms in total. The van der Waals surface area contributed by atoms with Gasteiger partial charge in [0, 0.05) is 11.9 Å². The largest absolute Gasteiger partial charge is 0.457 e. The maximum atomic E-state index is 5.81. The van der Waals surface area contributed by atoms with E-state index < -0.39 is 0 Å². The average Bonchev–Trinajstić information content (AvgIpc) is 3.13. The summed E-state index contributed by atoms with van der Waals surface area (Å²) in [6.07, 6.45) is 3.47. The molecule has 0 saturated heterocycles. The molecule has 0 fully saturated rings. The Morgan fingerprint density at radius 1 is 0.920 bits per heavy atom. The first-order valence-electron chi connectivity index (χ1n) is 7.89. The molecule has 2 N–H and O–H groups in total. The van der Waals surface area contributed by atoms with Crippen LogP contribution in [0, 0.1) is 0 Å². The van der Waals surface area contributed by atoms with E-state index in [0.29, 0.717) is 5.82 Å². The zero-order valence-corrected chi connectivity index (χ0v) is 13.4. The Balaban J connectivity index is 1.57. The van der Waals surface area contributed by atoms with E-state index in [2.05, 4.69) is 26.8 Å². The lowest BCUT2D eigenvalue weighted by atomic mass is 10.2. The summed E-state index contributed by atoms with van der Waals surface area (Å²) in [6, 6.07) is 19.4. The van der Waals surface area contributed by atoms with Gasteiger partial charge in [0.2, 0.25) is 0 Å². The Morgan fingerprint density at radius 2 is 1.68 bits per heavy atom. The Kier molecular flexibility index (Phi) is 3.88. The Hall–Kier alpha value is -3.60. The monoisotopic (exact) mass is 328 g/mol. The molecular weight excluding hydrogens is 312 g/mol. The molecule has 25 heavy (non-hydrogen) atoms. The van der Waals surface area contributed by atoms with E-state index in [1.165, 1.54) is 0 Å². The first-order chi connectivity index (χ1) is 12.3. The lowest BCUT2D eigenvalue weighted by Crippen LogP contribution is -1.98. The quantitative estimate of drug-likeness (QED) is 0.532. The van der Waals surface area contributed by atoms with Crippen LogP contribution in [-0.2, 0) is 0 Å². The van der Waals surface area contributed by atoms with Gasteiger partial charge >= 0.3 is 0 Å². The first kappa shape index (κ1) is 15.0. The predicted octanol–water partition coefficient (Wildman–Crippen LogP) is 5.14. The Labute approximate surface area is 145 Å². The van der Waals surface area contributed by atoms with Crippen LogP contribution in [0.2, 0.25) is 0 Å². The summed E-state index contributed by atoms with van der Waals surface area (Å²) in [5, 5.41) is 4.25. The number of rotatable bonds is 5. The summed E-state index contributed by atoms with van der Waals surface area (Å²) in [5.41, 5.74) is 1.69. The molecule has 122 valence electrons. The van der Waals surface area contributed by atoms with Gasteiger partial charge in [0.05, 0.1) is 5.39 Å². The molecule has 0 saturated carbocycles. The lowest BCUT2D eigenvalue weighted by Gasteiger charge is -2.09. The van der Waals surface area contributed by atoms with E-state index in [4.69, 9.17) is 4.74 Å². The molecule has 0 unspecified atom stereocenters. The van der Waals surface area contributed by atoms with Crippen molar-refractivity contribution in [3.05, 3.63) is 79.3 Å². The number of nitrogens with zero attached hydrogens (tertiary/aromatic N) is 2. The van der Waals surface area contributed by atoms with Crippen LogP contribution in [0.1, 0.15) is 5.82 Å². The second-order valence-electron chi connectivity index (χ2n) is 5.44. The number of aromatic nitrogens is 3. The zero-order chi connectivity index (χ0) is 17.1. The smallest absolute Gasteiger partial charge is 0.156 e. The van der Waals surface area contributed by atoms with Gasteiger partial charge in [-0.15, -0.1) is 0 Å². The number of para-hydroxylation sites is 1. The van der Waals surface area contributed by atoms with Crippen molar-refractivity contribution in [3.63, 3.8) is 0 Å². The molecule has 5 heteroatoms. The number of nitrogens with one attached hydrogen (secondary N) is 2. The highest BCUT2D eigenvalue weighted by Gasteiger charge is 2.07. The highest BCUT2D eigenvalue weighted by molar-refractivity contribution is 5.89. The molecular formula is C20H16N4O. The molecule has 2 heterocycles. The van der Waals surface area contributed by atoms with Gasteiger partial charge in [-0.05, 0) is 48.5 Å². The number of ether oxygens (including phenoxy) is 1. The molecule has 0 atom stereocenters. The van der Waals surface area contributed by atoms with Crippen molar-refractivity contribution in [1.82, 2.24) is 15.0 Å². The van der Waals surface area contributed by atoms with E-state index in [1.54, 1.807) is 6.08 Å². The summed E-state index contributed by atoms with van der Waals surface area (Å²) in [4.78, 5) is 12.0. The number of hydrogen-bond acceptors (Lipinski definition) is 4. The van der Waals surface area contributed by atoms with Gasteiger partial charge < -0.3 is 15.0 Å². The van der Waals surface area contributed by atoms with E-state index in [-0.39, 0.29) is 0 Å². The summed E-state index contributed by atoms with van der Waals surface area (Å²) < 4.78 is 5.81. The fourth-order valence-corrected chi connectivity index (χ4v) is 2.51. The molecule has 2 aromatic carbocycles. The second kappa shape index (κ2) is 6.49. The SMILES string of the molecule is C=Cc1nc(Nc2ccc(Oc3ccccc3)cc2)c2cc[nH]c2n1. The minimum Gasteiger partial charge on any atom is -0.457 e. The molecule has 4 aromatic rings. The molecule has 0 aliphatic rings. The molecule has 0 aliphatic heterocycles. The minimum atomic E-state index is 0.571. The van der Waals surface area contributed by atoms with E-state index in [1.807, 2.05) is 66.9 Å². The molecule has 2 aromatic heterocycles.